The molecule has 0 saturated carbocycles. The van der Waals surface area contributed by atoms with E-state index in [0.29, 0.717) is 11.1 Å². The maximum absolute atomic E-state index is 12.6. The lowest BCUT2D eigenvalue weighted by molar-refractivity contribution is 0.0522. The maximum atomic E-state index is 12.6. The summed E-state index contributed by atoms with van der Waals surface area (Å²) in [6, 6.07) is 2.80. The van der Waals surface area contributed by atoms with Crippen molar-refractivity contribution in [3.05, 3.63) is 45.5 Å². The molecule has 2 rings (SSSR count). The van der Waals surface area contributed by atoms with Crippen molar-refractivity contribution < 1.29 is 34.4 Å². The standard InChI is InChI=1S/C20H22O7/c1-6-26-19(24)15-10(3)8-14(12(5)18(15)23)27-20(25)16-9(2)7-13(21)11(4)17(16)22/h7-8,21-23H,6H2,1-5H3. The molecule has 0 unspecified atom stereocenters. The number of aromatic hydroxyl groups is 3. The molecule has 0 aromatic heterocycles. The molecule has 0 atom stereocenters. The fourth-order valence-electron chi connectivity index (χ4n) is 2.72. The van der Waals surface area contributed by atoms with E-state index < -0.39 is 11.9 Å². The first-order chi connectivity index (χ1) is 12.6. The number of esters is 2. The fourth-order valence-corrected chi connectivity index (χ4v) is 2.72. The van der Waals surface area contributed by atoms with Crippen LogP contribution < -0.4 is 4.74 Å². The van der Waals surface area contributed by atoms with E-state index in [9.17, 15) is 24.9 Å². The van der Waals surface area contributed by atoms with Crippen LogP contribution in [-0.4, -0.2) is 33.9 Å². The molecule has 0 radical (unpaired) electrons. The van der Waals surface area contributed by atoms with Crippen LogP contribution >= 0.6 is 0 Å². The molecule has 0 heterocycles. The highest BCUT2D eigenvalue weighted by Gasteiger charge is 2.25. The van der Waals surface area contributed by atoms with Gasteiger partial charge in [-0.05, 0) is 57.9 Å². The number of ether oxygens (including phenoxy) is 2. The molecular formula is C20H22O7. The van der Waals surface area contributed by atoms with Gasteiger partial charge in [-0.1, -0.05) is 0 Å². The number of carbonyl (C=O) groups excluding carboxylic acids is 2. The molecule has 0 bridgehead atoms. The van der Waals surface area contributed by atoms with Crippen molar-refractivity contribution in [3.63, 3.8) is 0 Å². The van der Waals surface area contributed by atoms with E-state index >= 15 is 0 Å². The summed E-state index contributed by atoms with van der Waals surface area (Å²) in [4.78, 5) is 24.6. The highest BCUT2D eigenvalue weighted by Crippen LogP contribution is 2.36. The number of carbonyl (C=O) groups is 2. The zero-order valence-electron chi connectivity index (χ0n) is 15.8. The third-order valence-corrected chi connectivity index (χ3v) is 4.31. The number of phenolic OH excluding ortho intramolecular Hbond substituents is 3. The first-order valence-corrected chi connectivity index (χ1v) is 8.34. The average Bonchev–Trinajstić information content (AvgIpc) is 2.57. The van der Waals surface area contributed by atoms with Crippen molar-refractivity contribution in [2.45, 2.75) is 34.6 Å². The molecule has 144 valence electrons. The van der Waals surface area contributed by atoms with Gasteiger partial charge in [-0.3, -0.25) is 0 Å². The number of rotatable bonds is 4. The van der Waals surface area contributed by atoms with E-state index in [2.05, 4.69) is 0 Å². The van der Waals surface area contributed by atoms with Crippen LogP contribution in [-0.2, 0) is 4.74 Å². The lowest BCUT2D eigenvalue weighted by Gasteiger charge is -2.16. The largest absolute Gasteiger partial charge is 0.508 e. The van der Waals surface area contributed by atoms with E-state index in [4.69, 9.17) is 9.47 Å². The topological polar surface area (TPSA) is 113 Å². The van der Waals surface area contributed by atoms with Crippen molar-refractivity contribution in [2.75, 3.05) is 6.61 Å². The Bertz CT molecular complexity index is 929. The average molecular weight is 374 g/mol. The van der Waals surface area contributed by atoms with Crippen molar-refractivity contribution in [2.24, 2.45) is 0 Å². The van der Waals surface area contributed by atoms with Gasteiger partial charge in [0.2, 0.25) is 0 Å². The molecule has 0 aliphatic heterocycles. The molecule has 0 aliphatic rings. The van der Waals surface area contributed by atoms with E-state index in [0.717, 1.165) is 0 Å². The second-order valence-electron chi connectivity index (χ2n) is 6.21. The second-order valence-corrected chi connectivity index (χ2v) is 6.21. The Morgan fingerprint density at radius 3 is 1.96 bits per heavy atom. The van der Waals surface area contributed by atoms with Gasteiger partial charge in [-0.25, -0.2) is 9.59 Å². The highest BCUT2D eigenvalue weighted by atomic mass is 16.5. The van der Waals surface area contributed by atoms with Crippen LogP contribution in [0.2, 0.25) is 0 Å². The smallest absolute Gasteiger partial charge is 0.347 e. The van der Waals surface area contributed by atoms with Gasteiger partial charge in [0.05, 0.1) is 6.61 Å². The summed E-state index contributed by atoms with van der Waals surface area (Å²) in [6.45, 7) is 7.91. The van der Waals surface area contributed by atoms with E-state index in [1.807, 2.05) is 0 Å². The van der Waals surface area contributed by atoms with Crippen LogP contribution in [0.1, 0.15) is 49.9 Å². The Labute approximate surface area is 156 Å². The third kappa shape index (κ3) is 3.67. The Morgan fingerprint density at radius 2 is 1.37 bits per heavy atom. The predicted octanol–water partition coefficient (Wildman–Crippen LogP) is 3.43. The Balaban J connectivity index is 2.46. The maximum Gasteiger partial charge on any atom is 0.347 e. The van der Waals surface area contributed by atoms with Gasteiger partial charge in [0.15, 0.2) is 0 Å². The zero-order valence-corrected chi connectivity index (χ0v) is 15.8. The zero-order chi connectivity index (χ0) is 20.5. The Morgan fingerprint density at radius 1 is 0.852 bits per heavy atom. The second kappa shape index (κ2) is 7.57. The minimum Gasteiger partial charge on any atom is -0.508 e. The minimum absolute atomic E-state index is 0.00801. The first kappa shape index (κ1) is 20.1. The summed E-state index contributed by atoms with van der Waals surface area (Å²) in [6.07, 6.45) is 0. The Kier molecular flexibility index (Phi) is 5.64. The number of hydrogen-bond acceptors (Lipinski definition) is 7. The van der Waals surface area contributed by atoms with E-state index in [-0.39, 0.29) is 51.9 Å². The summed E-state index contributed by atoms with van der Waals surface area (Å²) >= 11 is 0. The summed E-state index contributed by atoms with van der Waals surface area (Å²) in [7, 11) is 0. The quantitative estimate of drug-likeness (QED) is 0.555. The third-order valence-electron chi connectivity index (χ3n) is 4.31. The van der Waals surface area contributed by atoms with Gasteiger partial charge in [0.25, 0.3) is 0 Å². The Hall–Kier alpha value is -3.22. The number of benzene rings is 2. The van der Waals surface area contributed by atoms with Crippen LogP contribution in [0.25, 0.3) is 0 Å². The lowest BCUT2D eigenvalue weighted by Crippen LogP contribution is -2.13. The monoisotopic (exact) mass is 374 g/mol. The molecular weight excluding hydrogens is 352 g/mol. The summed E-state index contributed by atoms with van der Waals surface area (Å²) in [5.74, 6) is -2.31. The number of hydrogen-bond donors (Lipinski definition) is 3. The number of aryl methyl sites for hydroxylation is 2. The first-order valence-electron chi connectivity index (χ1n) is 8.34. The van der Waals surface area contributed by atoms with Crippen LogP contribution in [0.4, 0.5) is 0 Å². The summed E-state index contributed by atoms with van der Waals surface area (Å²) < 4.78 is 10.3. The van der Waals surface area contributed by atoms with Gasteiger partial charge in [-0.2, -0.15) is 0 Å². The molecule has 27 heavy (non-hydrogen) atoms. The molecule has 0 spiro atoms. The van der Waals surface area contributed by atoms with Gasteiger partial charge >= 0.3 is 11.9 Å². The molecule has 0 aliphatic carbocycles. The van der Waals surface area contributed by atoms with Crippen LogP contribution in [0.15, 0.2) is 12.1 Å². The highest BCUT2D eigenvalue weighted by molar-refractivity contribution is 5.98. The lowest BCUT2D eigenvalue weighted by atomic mass is 10.0. The van der Waals surface area contributed by atoms with E-state index in [1.54, 1.807) is 20.8 Å². The van der Waals surface area contributed by atoms with Gasteiger partial charge in [0, 0.05) is 11.1 Å². The molecule has 0 amide bonds. The van der Waals surface area contributed by atoms with Crippen LogP contribution in [0, 0.1) is 27.7 Å². The van der Waals surface area contributed by atoms with Gasteiger partial charge in [-0.15, -0.1) is 0 Å². The molecule has 0 saturated heterocycles. The molecule has 0 fully saturated rings. The van der Waals surface area contributed by atoms with Crippen LogP contribution in [0.3, 0.4) is 0 Å². The molecule has 7 heteroatoms. The van der Waals surface area contributed by atoms with Crippen molar-refractivity contribution in [1.29, 1.82) is 0 Å². The molecule has 7 nitrogen and oxygen atoms in total. The fraction of sp³-hybridized carbons (Fsp3) is 0.300. The summed E-state index contributed by atoms with van der Waals surface area (Å²) in [5.41, 5.74) is 0.972. The minimum atomic E-state index is -0.848. The van der Waals surface area contributed by atoms with Crippen molar-refractivity contribution >= 4 is 11.9 Å². The van der Waals surface area contributed by atoms with Crippen LogP contribution in [0.5, 0.6) is 23.0 Å². The predicted molar refractivity (Wildman–Crippen MR) is 97.7 cm³/mol. The van der Waals surface area contributed by atoms with Crippen molar-refractivity contribution in [3.8, 4) is 23.0 Å². The molecule has 3 N–H and O–H groups in total. The SMILES string of the molecule is CCOC(=O)c1c(C)cc(OC(=O)c2c(C)cc(O)c(C)c2O)c(C)c1O. The molecule has 2 aromatic carbocycles. The van der Waals surface area contributed by atoms with Gasteiger partial charge < -0.3 is 24.8 Å². The molecule has 2 aromatic rings. The number of phenols is 3. The normalized spacial score (nSPS) is 10.6. The summed E-state index contributed by atoms with van der Waals surface area (Å²) in [5, 5.41) is 30.3. The van der Waals surface area contributed by atoms with Crippen molar-refractivity contribution in [1.82, 2.24) is 0 Å². The van der Waals surface area contributed by atoms with Gasteiger partial charge in [0.1, 0.15) is 34.1 Å². The van der Waals surface area contributed by atoms with E-state index in [1.165, 1.54) is 26.0 Å².